The molecule has 4 nitrogen and oxygen atoms in total. The number of Topliss-reactive ketones (excluding diaryl/α,β-unsaturated/α-hetero) is 2. The fourth-order valence-electron chi connectivity index (χ4n) is 3.33. The number of fused-ring (bicyclic) bond motifs is 3. The van der Waals surface area contributed by atoms with Gasteiger partial charge in [-0.3, -0.25) is 9.59 Å². The van der Waals surface area contributed by atoms with Gasteiger partial charge in [0.2, 0.25) is 11.6 Å². The number of carbonyl (C=O) groups excluding carboxylic acids is 2. The van der Waals surface area contributed by atoms with Crippen LogP contribution >= 0.6 is 0 Å². The molecule has 3 rings (SSSR count). The lowest BCUT2D eigenvalue weighted by atomic mass is 9.72. The Morgan fingerprint density at radius 3 is 2.45 bits per heavy atom. The minimum Gasteiger partial charge on any atom is -0.316 e. The molecule has 1 unspecified atom stereocenters. The Hall–Kier alpha value is -1.92. The molecule has 0 N–H and O–H groups in total. The zero-order valence-corrected chi connectivity index (χ0v) is 12.0. The first kappa shape index (κ1) is 15.0. The van der Waals surface area contributed by atoms with Crippen LogP contribution in [-0.4, -0.2) is 27.3 Å². The van der Waals surface area contributed by atoms with E-state index in [9.17, 15) is 22.8 Å². The molecular formula is C15H15F3N2O2. The first-order chi connectivity index (χ1) is 10.3. The molecule has 0 spiro atoms. The number of halogens is 3. The number of aromatic nitrogens is 2. The average molecular weight is 312 g/mol. The van der Waals surface area contributed by atoms with Crippen molar-refractivity contribution < 1.29 is 22.8 Å². The monoisotopic (exact) mass is 312 g/mol. The second-order valence-electron chi connectivity index (χ2n) is 5.67. The van der Waals surface area contributed by atoms with Crippen LogP contribution in [0.2, 0.25) is 0 Å². The van der Waals surface area contributed by atoms with Gasteiger partial charge in [0.25, 0.3) is 0 Å². The first-order valence-electron chi connectivity index (χ1n) is 7.23. The van der Waals surface area contributed by atoms with Crippen LogP contribution in [-0.2, 0) is 17.8 Å². The van der Waals surface area contributed by atoms with Gasteiger partial charge in [-0.05, 0) is 12.8 Å². The normalized spacial score (nSPS) is 24.4. The molecule has 0 radical (unpaired) electrons. The number of aryl methyl sites for hydroxylation is 1. The maximum absolute atomic E-state index is 12.8. The quantitative estimate of drug-likeness (QED) is 0.623. The number of nitrogens with zero attached hydrogens (tertiary/aromatic N) is 2. The number of rotatable bonds is 2. The lowest BCUT2D eigenvalue weighted by Gasteiger charge is -2.30. The van der Waals surface area contributed by atoms with Gasteiger partial charge in [-0.2, -0.15) is 13.2 Å². The van der Waals surface area contributed by atoms with E-state index in [4.69, 9.17) is 0 Å². The van der Waals surface area contributed by atoms with Gasteiger partial charge in [-0.15, -0.1) is 0 Å². The number of allylic oxidation sites excluding steroid dienone is 2. The Kier molecular flexibility index (Phi) is 3.45. The van der Waals surface area contributed by atoms with Gasteiger partial charge in [-0.25, -0.2) is 4.98 Å². The molecular weight excluding hydrogens is 297 g/mol. The SMILES string of the molecule is CCc1nc2c(n1CC(F)(F)F)C(=O)C(=O)C1CC=CC[C@H]21. The molecule has 1 heterocycles. The molecule has 2 atom stereocenters. The summed E-state index contributed by atoms with van der Waals surface area (Å²) in [6.07, 6.45) is 0.515. The Bertz CT molecular complexity index is 673. The fourth-order valence-corrected chi connectivity index (χ4v) is 3.33. The topological polar surface area (TPSA) is 52.0 Å². The summed E-state index contributed by atoms with van der Waals surface area (Å²) in [5.74, 6) is -1.98. The maximum Gasteiger partial charge on any atom is 0.406 e. The van der Waals surface area contributed by atoms with Crippen LogP contribution in [0, 0.1) is 5.92 Å². The van der Waals surface area contributed by atoms with Crippen LogP contribution in [0.4, 0.5) is 13.2 Å². The van der Waals surface area contributed by atoms with E-state index < -0.39 is 30.2 Å². The molecule has 22 heavy (non-hydrogen) atoms. The highest BCUT2D eigenvalue weighted by molar-refractivity contribution is 6.45. The molecule has 118 valence electrons. The Morgan fingerprint density at radius 1 is 1.23 bits per heavy atom. The molecule has 1 aromatic heterocycles. The van der Waals surface area contributed by atoms with Gasteiger partial charge >= 0.3 is 6.18 Å². The summed E-state index contributed by atoms with van der Waals surface area (Å²) >= 11 is 0. The largest absolute Gasteiger partial charge is 0.406 e. The van der Waals surface area contributed by atoms with Crippen molar-refractivity contribution in [3.63, 3.8) is 0 Å². The highest BCUT2D eigenvalue weighted by Gasteiger charge is 2.46. The summed E-state index contributed by atoms with van der Waals surface area (Å²) in [5, 5.41) is 0. The van der Waals surface area contributed by atoms with Gasteiger partial charge in [0.05, 0.1) is 5.69 Å². The number of hydrogen-bond acceptors (Lipinski definition) is 3. The third kappa shape index (κ3) is 2.28. The molecule has 0 fully saturated rings. The lowest BCUT2D eigenvalue weighted by molar-refractivity contribution is -0.141. The van der Waals surface area contributed by atoms with E-state index in [2.05, 4.69) is 4.98 Å². The molecule has 1 aromatic rings. The van der Waals surface area contributed by atoms with E-state index >= 15 is 0 Å². The Morgan fingerprint density at radius 2 is 1.86 bits per heavy atom. The van der Waals surface area contributed by atoms with Crippen molar-refractivity contribution in [2.45, 2.75) is 44.8 Å². The third-order valence-electron chi connectivity index (χ3n) is 4.29. The van der Waals surface area contributed by atoms with Crippen molar-refractivity contribution in [3.05, 3.63) is 29.4 Å². The molecule has 7 heteroatoms. The number of imidazole rings is 1. The van der Waals surface area contributed by atoms with E-state index in [1.807, 2.05) is 12.2 Å². The number of hydrogen-bond donors (Lipinski definition) is 0. The lowest BCUT2D eigenvalue weighted by Crippen LogP contribution is -2.38. The number of alkyl halides is 3. The minimum atomic E-state index is -4.47. The minimum absolute atomic E-state index is 0.157. The summed E-state index contributed by atoms with van der Waals surface area (Å²) < 4.78 is 39.3. The molecule has 0 aromatic carbocycles. The van der Waals surface area contributed by atoms with Crippen LogP contribution in [0.25, 0.3) is 0 Å². The van der Waals surface area contributed by atoms with Gasteiger partial charge < -0.3 is 4.57 Å². The predicted octanol–water partition coefficient (Wildman–Crippen LogP) is 2.82. The third-order valence-corrected chi connectivity index (χ3v) is 4.29. The second kappa shape index (κ2) is 5.07. The highest BCUT2D eigenvalue weighted by atomic mass is 19.4. The van der Waals surface area contributed by atoms with E-state index in [1.165, 1.54) is 0 Å². The summed E-state index contributed by atoms with van der Waals surface area (Å²) in [7, 11) is 0. The standard InChI is InChI=1S/C15H15F3N2O2/c1-2-10-19-11-8-5-3-4-6-9(8)13(21)14(22)12(11)20(10)7-15(16,17)18/h3-4,8-9H,2,5-7H2,1H3/t8-,9?/m0/s1. The van der Waals surface area contributed by atoms with E-state index in [1.54, 1.807) is 6.92 Å². The van der Waals surface area contributed by atoms with Crippen molar-refractivity contribution in [1.82, 2.24) is 9.55 Å². The number of carbonyl (C=O) groups is 2. The maximum atomic E-state index is 12.8. The zero-order chi connectivity index (χ0) is 16.1. The van der Waals surface area contributed by atoms with Crippen LogP contribution in [0.1, 0.15) is 47.7 Å². The van der Waals surface area contributed by atoms with Crippen molar-refractivity contribution >= 4 is 11.6 Å². The molecule has 0 aliphatic heterocycles. The Balaban J connectivity index is 2.16. The van der Waals surface area contributed by atoms with Gasteiger partial charge in [0.1, 0.15) is 18.1 Å². The average Bonchev–Trinajstić information content (AvgIpc) is 2.81. The van der Waals surface area contributed by atoms with Gasteiger partial charge in [-0.1, -0.05) is 19.1 Å². The van der Waals surface area contributed by atoms with Crippen LogP contribution in [0.3, 0.4) is 0 Å². The zero-order valence-electron chi connectivity index (χ0n) is 12.0. The van der Waals surface area contributed by atoms with Crippen LogP contribution < -0.4 is 0 Å². The molecule has 2 aliphatic carbocycles. The van der Waals surface area contributed by atoms with Crippen LogP contribution in [0.15, 0.2) is 12.2 Å². The smallest absolute Gasteiger partial charge is 0.316 e. The molecule has 0 bridgehead atoms. The number of ketones is 2. The summed E-state index contributed by atoms with van der Waals surface area (Å²) in [5.41, 5.74) is 0.204. The van der Waals surface area contributed by atoms with Crippen molar-refractivity contribution in [2.75, 3.05) is 0 Å². The molecule has 0 amide bonds. The molecule has 0 saturated heterocycles. The van der Waals surface area contributed by atoms with Gasteiger partial charge in [0, 0.05) is 18.3 Å². The summed E-state index contributed by atoms with van der Waals surface area (Å²) in [4.78, 5) is 28.8. The van der Waals surface area contributed by atoms with E-state index in [0.29, 0.717) is 18.5 Å². The van der Waals surface area contributed by atoms with Crippen molar-refractivity contribution in [1.29, 1.82) is 0 Å². The predicted molar refractivity (Wildman–Crippen MR) is 71.6 cm³/mol. The van der Waals surface area contributed by atoms with Crippen molar-refractivity contribution in [3.8, 4) is 0 Å². The second-order valence-corrected chi connectivity index (χ2v) is 5.67. The van der Waals surface area contributed by atoms with E-state index in [0.717, 1.165) is 4.57 Å². The van der Waals surface area contributed by atoms with Crippen LogP contribution in [0.5, 0.6) is 0 Å². The van der Waals surface area contributed by atoms with Gasteiger partial charge in [0.15, 0.2) is 0 Å². The van der Waals surface area contributed by atoms with Crippen molar-refractivity contribution in [2.24, 2.45) is 5.92 Å². The fraction of sp³-hybridized carbons (Fsp3) is 0.533. The summed E-state index contributed by atoms with van der Waals surface area (Å²) in [6.45, 7) is 0.399. The first-order valence-corrected chi connectivity index (χ1v) is 7.23. The highest BCUT2D eigenvalue weighted by Crippen LogP contribution is 2.41. The molecule has 0 saturated carbocycles. The van der Waals surface area contributed by atoms with E-state index in [-0.39, 0.29) is 23.9 Å². The molecule has 2 aliphatic rings. The Labute approximate surface area is 125 Å². The summed E-state index contributed by atoms with van der Waals surface area (Å²) in [6, 6.07) is 0.